The summed E-state index contributed by atoms with van der Waals surface area (Å²) in [6.07, 6.45) is 1.52. The van der Waals surface area contributed by atoms with Crippen molar-refractivity contribution in [2.45, 2.75) is 19.8 Å². The van der Waals surface area contributed by atoms with Crippen LogP contribution in [0.4, 0.5) is 5.69 Å². The molecule has 0 atom stereocenters. The van der Waals surface area contributed by atoms with Crippen LogP contribution in [0.25, 0.3) is 0 Å². The summed E-state index contributed by atoms with van der Waals surface area (Å²) in [4.78, 5) is 21.5. The van der Waals surface area contributed by atoms with Gasteiger partial charge in [-0.1, -0.05) is 13.8 Å². The molecule has 7 nitrogen and oxygen atoms in total. The molecule has 2 N–H and O–H groups in total. The highest BCUT2D eigenvalue weighted by Gasteiger charge is 2.15. The highest BCUT2D eigenvalue weighted by Crippen LogP contribution is 2.16. The van der Waals surface area contributed by atoms with Gasteiger partial charge in [0.15, 0.2) is 5.69 Å². The summed E-state index contributed by atoms with van der Waals surface area (Å²) in [5.74, 6) is -0.443. The number of hydrogen-bond acceptors (Lipinski definition) is 6. The third-order valence-electron chi connectivity index (χ3n) is 2.77. The Hall–Kier alpha value is -1.73. The van der Waals surface area contributed by atoms with Gasteiger partial charge in [-0.15, -0.1) is 0 Å². The third-order valence-corrected chi connectivity index (χ3v) is 2.77. The fourth-order valence-electron chi connectivity index (χ4n) is 1.57. The molecule has 0 saturated carbocycles. The SMILES string of the molecule is CC(C)c1ncc(NCCOCCN(C)C)c(C(=O)O)n1. The average molecular weight is 296 g/mol. The molecule has 0 bridgehead atoms. The minimum atomic E-state index is -1.06. The van der Waals surface area contributed by atoms with Crippen LogP contribution < -0.4 is 5.32 Å². The van der Waals surface area contributed by atoms with Crippen molar-refractivity contribution in [2.75, 3.05) is 45.7 Å². The molecule has 0 aliphatic rings. The van der Waals surface area contributed by atoms with Gasteiger partial charge < -0.3 is 20.1 Å². The maximum Gasteiger partial charge on any atom is 0.356 e. The summed E-state index contributed by atoms with van der Waals surface area (Å²) in [5.41, 5.74) is 0.421. The van der Waals surface area contributed by atoms with Gasteiger partial charge in [0.1, 0.15) is 5.82 Å². The summed E-state index contributed by atoms with van der Waals surface area (Å²) in [7, 11) is 3.96. The molecule has 1 rings (SSSR count). The lowest BCUT2D eigenvalue weighted by atomic mass is 10.2. The van der Waals surface area contributed by atoms with Crippen LogP contribution in [0.5, 0.6) is 0 Å². The van der Waals surface area contributed by atoms with E-state index in [0.29, 0.717) is 31.3 Å². The Labute approximate surface area is 125 Å². The van der Waals surface area contributed by atoms with E-state index in [2.05, 4.69) is 15.3 Å². The molecule has 0 aromatic carbocycles. The number of likely N-dealkylation sites (N-methyl/N-ethyl adjacent to an activating group) is 1. The number of carboxylic acid groups (broad SMARTS) is 1. The van der Waals surface area contributed by atoms with Crippen LogP contribution in [0.15, 0.2) is 6.20 Å². The van der Waals surface area contributed by atoms with E-state index in [4.69, 9.17) is 4.74 Å². The van der Waals surface area contributed by atoms with E-state index in [1.54, 1.807) is 0 Å². The molecule has 1 heterocycles. The van der Waals surface area contributed by atoms with Gasteiger partial charge >= 0.3 is 5.97 Å². The minimum absolute atomic E-state index is 0.00184. The highest BCUT2D eigenvalue weighted by molar-refractivity contribution is 5.91. The first kappa shape index (κ1) is 17.3. The average Bonchev–Trinajstić information content (AvgIpc) is 2.42. The van der Waals surface area contributed by atoms with Crippen molar-refractivity contribution in [3.63, 3.8) is 0 Å². The monoisotopic (exact) mass is 296 g/mol. The smallest absolute Gasteiger partial charge is 0.356 e. The molecule has 0 saturated heterocycles. The molecule has 118 valence electrons. The van der Waals surface area contributed by atoms with E-state index in [0.717, 1.165) is 6.54 Å². The maximum absolute atomic E-state index is 11.2. The molecule has 0 radical (unpaired) electrons. The van der Waals surface area contributed by atoms with Crippen molar-refractivity contribution >= 4 is 11.7 Å². The number of nitrogens with one attached hydrogen (secondary N) is 1. The molecular weight excluding hydrogens is 272 g/mol. The first-order chi connectivity index (χ1) is 9.91. The van der Waals surface area contributed by atoms with Gasteiger partial charge in [-0.3, -0.25) is 0 Å². The van der Waals surface area contributed by atoms with Gasteiger partial charge in [0.2, 0.25) is 0 Å². The largest absolute Gasteiger partial charge is 0.476 e. The highest BCUT2D eigenvalue weighted by atomic mass is 16.5. The number of ether oxygens (including phenoxy) is 1. The first-order valence-electron chi connectivity index (χ1n) is 6.98. The summed E-state index contributed by atoms with van der Waals surface area (Å²) in [5, 5.41) is 12.2. The molecule has 0 fully saturated rings. The lowest BCUT2D eigenvalue weighted by Gasteiger charge is -2.12. The van der Waals surface area contributed by atoms with Gasteiger partial charge in [0.05, 0.1) is 25.1 Å². The Kier molecular flexibility index (Phi) is 7.04. The number of nitrogens with zero attached hydrogens (tertiary/aromatic N) is 3. The van der Waals surface area contributed by atoms with E-state index in [-0.39, 0.29) is 11.6 Å². The van der Waals surface area contributed by atoms with Gasteiger partial charge in [-0.05, 0) is 14.1 Å². The van der Waals surface area contributed by atoms with Crippen LogP contribution in [0.2, 0.25) is 0 Å². The number of rotatable bonds is 9. The second-order valence-corrected chi connectivity index (χ2v) is 5.29. The zero-order valence-corrected chi connectivity index (χ0v) is 13.1. The molecule has 0 amide bonds. The molecule has 0 aliphatic carbocycles. The zero-order chi connectivity index (χ0) is 15.8. The van der Waals surface area contributed by atoms with E-state index >= 15 is 0 Å². The van der Waals surface area contributed by atoms with E-state index in [1.165, 1.54) is 6.20 Å². The van der Waals surface area contributed by atoms with Gasteiger partial charge in [0.25, 0.3) is 0 Å². The van der Waals surface area contributed by atoms with E-state index in [1.807, 2.05) is 32.8 Å². The summed E-state index contributed by atoms with van der Waals surface area (Å²) < 4.78 is 5.44. The quantitative estimate of drug-likeness (QED) is 0.664. The van der Waals surface area contributed by atoms with E-state index in [9.17, 15) is 9.90 Å². The number of hydrogen-bond donors (Lipinski definition) is 2. The van der Waals surface area contributed by atoms with Crippen molar-refractivity contribution in [1.29, 1.82) is 0 Å². The lowest BCUT2D eigenvalue weighted by Crippen LogP contribution is -2.20. The second-order valence-electron chi connectivity index (χ2n) is 5.29. The first-order valence-corrected chi connectivity index (χ1v) is 6.98. The number of aromatic carboxylic acids is 1. The molecule has 1 aromatic rings. The molecule has 0 spiro atoms. The number of carboxylic acids is 1. The van der Waals surface area contributed by atoms with Crippen LogP contribution in [-0.2, 0) is 4.74 Å². The van der Waals surface area contributed by atoms with Crippen LogP contribution in [0.1, 0.15) is 36.1 Å². The predicted octanol–water partition coefficient (Wildman–Crippen LogP) is 1.29. The van der Waals surface area contributed by atoms with Crippen molar-refractivity contribution in [1.82, 2.24) is 14.9 Å². The fourth-order valence-corrected chi connectivity index (χ4v) is 1.57. The summed E-state index contributed by atoms with van der Waals surface area (Å²) >= 11 is 0. The number of carbonyl (C=O) groups is 1. The zero-order valence-electron chi connectivity index (χ0n) is 13.1. The molecular formula is C14H24N4O3. The lowest BCUT2D eigenvalue weighted by molar-refractivity contribution is 0.0690. The molecule has 1 aromatic heterocycles. The van der Waals surface area contributed by atoms with Crippen LogP contribution in [-0.4, -0.2) is 66.3 Å². The topological polar surface area (TPSA) is 87.6 Å². The maximum atomic E-state index is 11.2. The van der Waals surface area contributed by atoms with E-state index < -0.39 is 5.97 Å². The van der Waals surface area contributed by atoms with Crippen LogP contribution >= 0.6 is 0 Å². The summed E-state index contributed by atoms with van der Waals surface area (Å²) in [6, 6.07) is 0. The summed E-state index contributed by atoms with van der Waals surface area (Å²) in [6.45, 7) is 6.35. The third kappa shape index (κ3) is 6.05. The Balaban J connectivity index is 2.52. The molecule has 7 heteroatoms. The fraction of sp³-hybridized carbons (Fsp3) is 0.643. The van der Waals surface area contributed by atoms with Crippen molar-refractivity contribution in [2.24, 2.45) is 0 Å². The van der Waals surface area contributed by atoms with Crippen LogP contribution in [0, 0.1) is 0 Å². The standard InChI is InChI=1S/C14H24N4O3/c1-10(2)13-16-9-11(12(17-13)14(19)20)15-5-7-21-8-6-18(3)4/h9-10,15H,5-8H2,1-4H3,(H,19,20). The molecule has 21 heavy (non-hydrogen) atoms. The van der Waals surface area contributed by atoms with Gasteiger partial charge in [-0.25, -0.2) is 14.8 Å². The van der Waals surface area contributed by atoms with Crippen molar-refractivity contribution in [3.8, 4) is 0 Å². The van der Waals surface area contributed by atoms with Crippen molar-refractivity contribution < 1.29 is 14.6 Å². The minimum Gasteiger partial charge on any atom is -0.476 e. The van der Waals surface area contributed by atoms with Crippen LogP contribution in [0.3, 0.4) is 0 Å². The Morgan fingerprint density at radius 1 is 1.43 bits per heavy atom. The second kappa shape index (κ2) is 8.53. The predicted molar refractivity (Wildman–Crippen MR) is 80.9 cm³/mol. The Morgan fingerprint density at radius 3 is 2.71 bits per heavy atom. The Bertz CT molecular complexity index is 464. The van der Waals surface area contributed by atoms with Crippen molar-refractivity contribution in [3.05, 3.63) is 17.7 Å². The number of anilines is 1. The molecule has 0 unspecified atom stereocenters. The normalized spacial score (nSPS) is 11.1. The Morgan fingerprint density at radius 2 is 2.14 bits per heavy atom. The van der Waals surface area contributed by atoms with Gasteiger partial charge in [-0.2, -0.15) is 0 Å². The number of aromatic nitrogens is 2. The molecule has 0 aliphatic heterocycles. The van der Waals surface area contributed by atoms with Gasteiger partial charge in [0, 0.05) is 19.0 Å².